The van der Waals surface area contributed by atoms with Crippen molar-refractivity contribution in [1.29, 1.82) is 0 Å². The third kappa shape index (κ3) is 2.07. The van der Waals surface area contributed by atoms with Crippen LogP contribution in [-0.4, -0.2) is 49.6 Å². The summed E-state index contributed by atoms with van der Waals surface area (Å²) >= 11 is 6.26. The van der Waals surface area contributed by atoms with E-state index in [1.54, 1.807) is 25.6 Å². The lowest BCUT2D eigenvalue weighted by Crippen LogP contribution is -2.69. The summed E-state index contributed by atoms with van der Waals surface area (Å²) in [7, 11) is 1.60. The quantitative estimate of drug-likeness (QED) is 0.680. The minimum absolute atomic E-state index is 0.237. The number of fused-ring (bicyclic) bond motifs is 3. The molecule has 3 aromatic heterocycles. The average Bonchev–Trinajstić information content (AvgIpc) is 3.09. The molecule has 0 spiro atoms. The molecule has 3 aliphatic rings. The molecule has 0 amide bonds. The van der Waals surface area contributed by atoms with Crippen molar-refractivity contribution in [3.05, 3.63) is 46.2 Å². The number of aryl methyl sites for hydroxylation is 1. The molecule has 6 heterocycles. The highest BCUT2D eigenvalue weighted by molar-refractivity contribution is 6.33. The van der Waals surface area contributed by atoms with Gasteiger partial charge in [0.05, 0.1) is 30.2 Å². The monoisotopic (exact) mass is 357 g/mol. The van der Waals surface area contributed by atoms with Crippen LogP contribution in [0.5, 0.6) is 0 Å². The maximum atomic E-state index is 12.0. The van der Waals surface area contributed by atoms with Crippen molar-refractivity contribution in [3.8, 4) is 0 Å². The Kier molecular flexibility index (Phi) is 3.05. The molecule has 0 saturated carbocycles. The molecule has 128 valence electrons. The fourth-order valence-corrected chi connectivity index (χ4v) is 4.21. The first-order chi connectivity index (χ1) is 12.1. The minimum atomic E-state index is -0.263. The summed E-state index contributed by atoms with van der Waals surface area (Å²) < 4.78 is 3.10. The standard InChI is InChI=1S/C16H16ClN7O/c1-21-16(25)14(17)13(7-20-21)22-8-10-6-11(9-22)24(10)15-12-2-3-19-23(12)5-4-18-15/h2-5,7,10-11H,6,8-9H2,1H3. The van der Waals surface area contributed by atoms with E-state index in [9.17, 15) is 4.79 Å². The predicted octanol–water partition coefficient (Wildman–Crippen LogP) is 0.944. The minimum Gasteiger partial charge on any atom is -0.365 e. The van der Waals surface area contributed by atoms with Gasteiger partial charge in [-0.1, -0.05) is 11.6 Å². The van der Waals surface area contributed by atoms with E-state index in [1.807, 2.05) is 16.8 Å². The number of aromatic nitrogens is 5. The molecule has 3 aromatic rings. The Balaban J connectivity index is 1.46. The van der Waals surface area contributed by atoms with Crippen molar-refractivity contribution in [2.45, 2.75) is 18.5 Å². The zero-order chi connectivity index (χ0) is 17.1. The van der Waals surface area contributed by atoms with Crippen LogP contribution in [0.1, 0.15) is 6.42 Å². The zero-order valence-corrected chi connectivity index (χ0v) is 14.3. The molecule has 3 aliphatic heterocycles. The number of rotatable bonds is 2. The first-order valence-electron chi connectivity index (χ1n) is 8.17. The summed E-state index contributed by atoms with van der Waals surface area (Å²) in [6.07, 6.45) is 8.21. The lowest BCUT2D eigenvalue weighted by atomic mass is 9.87. The summed E-state index contributed by atoms with van der Waals surface area (Å²) in [5.74, 6) is 0.967. The number of hydrogen-bond acceptors (Lipinski definition) is 6. The SMILES string of the molecule is Cn1ncc(N2CC3CC(C2)N3c2nccn3nccc23)c(Cl)c1=O. The number of halogens is 1. The predicted molar refractivity (Wildman–Crippen MR) is 94.4 cm³/mol. The summed E-state index contributed by atoms with van der Waals surface area (Å²) in [5, 5.41) is 8.63. The summed E-state index contributed by atoms with van der Waals surface area (Å²) in [6.45, 7) is 1.59. The molecule has 6 rings (SSSR count). The number of piperidine rings is 1. The van der Waals surface area contributed by atoms with Gasteiger partial charge in [-0.2, -0.15) is 10.2 Å². The molecule has 2 unspecified atom stereocenters. The van der Waals surface area contributed by atoms with Gasteiger partial charge in [0.25, 0.3) is 5.56 Å². The second-order valence-corrected chi connectivity index (χ2v) is 6.92. The molecule has 3 saturated heterocycles. The maximum absolute atomic E-state index is 12.0. The van der Waals surface area contributed by atoms with Crippen LogP contribution in [0.15, 0.2) is 35.6 Å². The topological polar surface area (TPSA) is 71.6 Å². The number of piperazine rings is 1. The molecule has 0 N–H and O–H groups in total. The van der Waals surface area contributed by atoms with Gasteiger partial charge in [0.15, 0.2) is 5.82 Å². The van der Waals surface area contributed by atoms with E-state index in [4.69, 9.17) is 11.6 Å². The number of nitrogens with zero attached hydrogens (tertiary/aromatic N) is 7. The van der Waals surface area contributed by atoms with E-state index >= 15 is 0 Å². The highest BCUT2D eigenvalue weighted by Gasteiger charge is 2.46. The molecular formula is C16H16ClN7O. The van der Waals surface area contributed by atoms with Crippen molar-refractivity contribution >= 4 is 28.6 Å². The van der Waals surface area contributed by atoms with Crippen LogP contribution in [0.2, 0.25) is 5.02 Å². The Morgan fingerprint density at radius 1 is 1.20 bits per heavy atom. The van der Waals surface area contributed by atoms with Crippen LogP contribution in [0.25, 0.3) is 5.52 Å². The highest BCUT2D eigenvalue weighted by Crippen LogP contribution is 2.39. The lowest BCUT2D eigenvalue weighted by molar-refractivity contribution is 0.289. The Morgan fingerprint density at radius 3 is 2.80 bits per heavy atom. The van der Waals surface area contributed by atoms with Gasteiger partial charge in [0.1, 0.15) is 10.5 Å². The van der Waals surface area contributed by atoms with Crippen LogP contribution < -0.4 is 15.4 Å². The fraction of sp³-hybridized carbons (Fsp3) is 0.375. The van der Waals surface area contributed by atoms with Gasteiger partial charge < -0.3 is 9.80 Å². The van der Waals surface area contributed by atoms with E-state index in [1.165, 1.54) is 4.68 Å². The van der Waals surface area contributed by atoms with E-state index in [0.29, 0.717) is 12.1 Å². The number of hydrogen-bond donors (Lipinski definition) is 0. The van der Waals surface area contributed by atoms with Gasteiger partial charge >= 0.3 is 0 Å². The Bertz CT molecular complexity index is 1020. The van der Waals surface area contributed by atoms with Crippen molar-refractivity contribution in [2.75, 3.05) is 22.9 Å². The largest absolute Gasteiger partial charge is 0.365 e. The lowest BCUT2D eigenvalue weighted by Gasteiger charge is -2.57. The molecular weight excluding hydrogens is 342 g/mol. The highest BCUT2D eigenvalue weighted by atomic mass is 35.5. The molecule has 2 atom stereocenters. The normalized spacial score (nSPS) is 22.3. The average molecular weight is 358 g/mol. The Labute approximate surface area is 148 Å². The van der Waals surface area contributed by atoms with Gasteiger partial charge in [-0.15, -0.1) is 0 Å². The Morgan fingerprint density at radius 2 is 2.00 bits per heavy atom. The van der Waals surface area contributed by atoms with Crippen molar-refractivity contribution in [2.24, 2.45) is 7.05 Å². The van der Waals surface area contributed by atoms with E-state index in [-0.39, 0.29) is 10.6 Å². The van der Waals surface area contributed by atoms with Gasteiger partial charge in [0, 0.05) is 32.5 Å². The number of anilines is 2. The summed E-state index contributed by atoms with van der Waals surface area (Å²) in [5.41, 5.74) is 1.47. The second-order valence-electron chi connectivity index (χ2n) is 6.54. The first-order valence-corrected chi connectivity index (χ1v) is 8.54. The van der Waals surface area contributed by atoms with Gasteiger partial charge in [0.2, 0.25) is 0 Å². The van der Waals surface area contributed by atoms with Crippen molar-refractivity contribution in [1.82, 2.24) is 24.4 Å². The van der Waals surface area contributed by atoms with E-state index in [2.05, 4.69) is 25.0 Å². The molecule has 3 fully saturated rings. The Hall–Kier alpha value is -2.61. The van der Waals surface area contributed by atoms with Crippen LogP contribution >= 0.6 is 11.6 Å². The van der Waals surface area contributed by atoms with Crippen LogP contribution in [0.3, 0.4) is 0 Å². The maximum Gasteiger partial charge on any atom is 0.287 e. The summed E-state index contributed by atoms with van der Waals surface area (Å²) in [4.78, 5) is 21.1. The molecule has 8 nitrogen and oxygen atoms in total. The van der Waals surface area contributed by atoms with Crippen LogP contribution in [0, 0.1) is 0 Å². The van der Waals surface area contributed by atoms with Crippen molar-refractivity contribution in [3.63, 3.8) is 0 Å². The molecule has 0 aromatic carbocycles. The first kappa shape index (κ1) is 14.7. The molecule has 25 heavy (non-hydrogen) atoms. The molecule has 2 bridgehead atoms. The van der Waals surface area contributed by atoms with Crippen LogP contribution in [-0.2, 0) is 7.05 Å². The molecule has 0 radical (unpaired) electrons. The van der Waals surface area contributed by atoms with Gasteiger partial charge in [-0.25, -0.2) is 14.2 Å². The van der Waals surface area contributed by atoms with Crippen LogP contribution in [0.4, 0.5) is 11.5 Å². The fourth-order valence-electron chi connectivity index (χ4n) is 3.92. The smallest absolute Gasteiger partial charge is 0.287 e. The van der Waals surface area contributed by atoms with E-state index in [0.717, 1.165) is 36.5 Å². The van der Waals surface area contributed by atoms with Crippen molar-refractivity contribution < 1.29 is 0 Å². The third-order valence-corrected chi connectivity index (χ3v) is 5.50. The zero-order valence-electron chi connectivity index (χ0n) is 13.6. The second kappa shape index (κ2) is 5.19. The van der Waals surface area contributed by atoms with E-state index < -0.39 is 0 Å². The summed E-state index contributed by atoms with van der Waals surface area (Å²) in [6, 6.07) is 2.66. The molecule has 0 aliphatic carbocycles. The third-order valence-electron chi connectivity index (χ3n) is 5.14. The van der Waals surface area contributed by atoms with Gasteiger partial charge in [-0.05, 0) is 12.5 Å². The molecule has 9 heteroatoms. The van der Waals surface area contributed by atoms with Gasteiger partial charge in [-0.3, -0.25) is 4.79 Å².